The van der Waals surface area contributed by atoms with Crippen molar-refractivity contribution in [1.29, 1.82) is 0 Å². The number of benzene rings is 1. The third-order valence-corrected chi connectivity index (χ3v) is 6.67. The van der Waals surface area contributed by atoms with Gasteiger partial charge in [0, 0.05) is 60.1 Å². The van der Waals surface area contributed by atoms with Gasteiger partial charge in [0.2, 0.25) is 17.7 Å². The Morgan fingerprint density at radius 2 is 1.35 bits per heavy atom. The molecule has 10 N–H and O–H groups in total. The smallest absolute Gasteiger partial charge is 0.326 e. The second-order valence-electron chi connectivity index (χ2n) is 9.85. The standard InChI is InChI=1S/C27H31N9O7/c28-18(6-15-10-29-12-32-15)24(39)34-21(7-16-11-30-13-33-16)26(41)35-20(25(40)36-22(27(42)43)8-23(37)38)5-14-9-31-19-4-2-1-3-17(14)19/h1-4,9-13,18,20-22,31H,5-8,28H2,(H,29,32)(H,30,33)(H,34,39)(H,35,41)(H,36,40)(H,37,38)(H,42,43). The van der Waals surface area contributed by atoms with E-state index in [4.69, 9.17) is 10.8 Å². The van der Waals surface area contributed by atoms with Crippen molar-refractivity contribution in [3.05, 3.63) is 72.5 Å². The van der Waals surface area contributed by atoms with E-state index in [2.05, 4.69) is 40.9 Å². The lowest BCUT2D eigenvalue weighted by Gasteiger charge is -2.25. The number of hydrogen-bond acceptors (Lipinski definition) is 8. The van der Waals surface area contributed by atoms with Crippen molar-refractivity contribution in [2.75, 3.05) is 0 Å². The molecule has 43 heavy (non-hydrogen) atoms. The summed E-state index contributed by atoms with van der Waals surface area (Å²) in [5.74, 6) is -5.31. The number of aromatic amines is 3. The Labute approximate surface area is 243 Å². The first-order valence-electron chi connectivity index (χ1n) is 13.2. The number of carboxylic acids is 2. The Morgan fingerprint density at radius 3 is 1.95 bits per heavy atom. The van der Waals surface area contributed by atoms with Crippen LogP contribution in [0.2, 0.25) is 0 Å². The van der Waals surface area contributed by atoms with Crippen molar-refractivity contribution < 1.29 is 34.2 Å². The zero-order valence-corrected chi connectivity index (χ0v) is 22.7. The van der Waals surface area contributed by atoms with Gasteiger partial charge in [0.25, 0.3) is 0 Å². The molecule has 0 aliphatic carbocycles. The maximum absolute atomic E-state index is 13.6. The quantitative estimate of drug-likeness (QED) is 0.0810. The average molecular weight is 594 g/mol. The maximum atomic E-state index is 13.6. The lowest BCUT2D eigenvalue weighted by molar-refractivity contribution is -0.147. The van der Waals surface area contributed by atoms with Crippen LogP contribution in [0.4, 0.5) is 0 Å². The van der Waals surface area contributed by atoms with E-state index in [1.165, 1.54) is 25.0 Å². The first-order chi connectivity index (χ1) is 20.6. The number of carbonyl (C=O) groups is 5. The number of nitrogens with two attached hydrogens (primary N) is 1. The number of carbonyl (C=O) groups excluding carboxylic acids is 3. The summed E-state index contributed by atoms with van der Waals surface area (Å²) < 4.78 is 0. The Bertz CT molecular complexity index is 1570. The zero-order chi connectivity index (χ0) is 30.9. The van der Waals surface area contributed by atoms with Gasteiger partial charge in [0.1, 0.15) is 18.1 Å². The van der Waals surface area contributed by atoms with Crippen LogP contribution in [-0.4, -0.2) is 89.0 Å². The van der Waals surface area contributed by atoms with Crippen molar-refractivity contribution in [1.82, 2.24) is 40.9 Å². The van der Waals surface area contributed by atoms with E-state index in [9.17, 15) is 29.1 Å². The highest BCUT2D eigenvalue weighted by Crippen LogP contribution is 2.19. The average Bonchev–Trinajstić information content (AvgIpc) is 3.75. The molecular weight excluding hydrogens is 562 g/mol. The van der Waals surface area contributed by atoms with Gasteiger partial charge in [0.05, 0.1) is 25.1 Å². The van der Waals surface area contributed by atoms with Crippen LogP contribution in [0, 0.1) is 0 Å². The van der Waals surface area contributed by atoms with Gasteiger partial charge < -0.3 is 46.8 Å². The summed E-state index contributed by atoms with van der Waals surface area (Å²) in [5.41, 5.74) is 8.59. The van der Waals surface area contributed by atoms with Gasteiger partial charge in [-0.3, -0.25) is 19.2 Å². The summed E-state index contributed by atoms with van der Waals surface area (Å²) in [4.78, 5) is 79.4. The van der Waals surface area contributed by atoms with Crippen LogP contribution in [0.15, 0.2) is 55.5 Å². The first kappa shape index (κ1) is 30.4. The number of H-pyrrole nitrogens is 3. The topological polar surface area (TPSA) is 261 Å². The number of nitrogens with zero attached hydrogens (tertiary/aromatic N) is 2. The van der Waals surface area contributed by atoms with E-state index in [0.717, 1.165) is 10.9 Å². The Morgan fingerprint density at radius 1 is 0.767 bits per heavy atom. The maximum Gasteiger partial charge on any atom is 0.326 e. The lowest BCUT2D eigenvalue weighted by atomic mass is 10.0. The summed E-state index contributed by atoms with van der Waals surface area (Å²) >= 11 is 0. The number of nitrogens with one attached hydrogen (secondary N) is 6. The molecule has 1 aromatic carbocycles. The van der Waals surface area contributed by atoms with Crippen molar-refractivity contribution >= 4 is 40.6 Å². The second kappa shape index (κ2) is 13.9. The number of imidazole rings is 2. The largest absolute Gasteiger partial charge is 0.481 e. The third kappa shape index (κ3) is 8.26. The second-order valence-corrected chi connectivity index (χ2v) is 9.85. The predicted molar refractivity (Wildman–Crippen MR) is 150 cm³/mol. The van der Waals surface area contributed by atoms with Gasteiger partial charge in [-0.15, -0.1) is 0 Å². The van der Waals surface area contributed by atoms with Crippen molar-refractivity contribution in [2.45, 2.75) is 49.9 Å². The molecule has 4 atom stereocenters. The highest BCUT2D eigenvalue weighted by atomic mass is 16.4. The van der Waals surface area contributed by atoms with Crippen molar-refractivity contribution in [2.24, 2.45) is 5.73 Å². The third-order valence-electron chi connectivity index (χ3n) is 6.67. The van der Waals surface area contributed by atoms with E-state index in [-0.39, 0.29) is 19.3 Å². The number of hydrogen-bond donors (Lipinski definition) is 9. The van der Waals surface area contributed by atoms with Crippen LogP contribution in [0.5, 0.6) is 0 Å². The zero-order valence-electron chi connectivity index (χ0n) is 22.7. The minimum atomic E-state index is -1.74. The van der Waals surface area contributed by atoms with Crippen molar-refractivity contribution in [3.8, 4) is 0 Å². The van der Waals surface area contributed by atoms with Crippen LogP contribution in [-0.2, 0) is 43.2 Å². The molecule has 4 unspecified atom stereocenters. The highest BCUT2D eigenvalue weighted by molar-refractivity contribution is 5.95. The predicted octanol–water partition coefficient (Wildman–Crippen LogP) is -1.02. The molecular formula is C27H31N9O7. The molecule has 16 nitrogen and oxygen atoms in total. The molecule has 4 rings (SSSR count). The summed E-state index contributed by atoms with van der Waals surface area (Å²) in [6.07, 6.45) is 6.62. The van der Waals surface area contributed by atoms with Crippen molar-refractivity contribution in [3.63, 3.8) is 0 Å². The van der Waals surface area contributed by atoms with Gasteiger partial charge in [0.15, 0.2) is 0 Å². The molecule has 3 amide bonds. The van der Waals surface area contributed by atoms with Gasteiger partial charge in [-0.05, 0) is 11.6 Å². The molecule has 0 fully saturated rings. The first-order valence-corrected chi connectivity index (χ1v) is 13.2. The van der Waals surface area contributed by atoms with Crippen LogP contribution in [0.3, 0.4) is 0 Å². The monoisotopic (exact) mass is 593 g/mol. The van der Waals surface area contributed by atoms with E-state index in [0.29, 0.717) is 17.0 Å². The fraction of sp³-hybridized carbons (Fsp3) is 0.296. The summed E-state index contributed by atoms with van der Waals surface area (Å²) in [6.45, 7) is 0. The molecule has 0 saturated heterocycles. The van der Waals surface area contributed by atoms with Gasteiger partial charge in [-0.1, -0.05) is 18.2 Å². The number of amides is 3. The number of carboxylic acid groups (broad SMARTS) is 2. The van der Waals surface area contributed by atoms with E-state index in [1.807, 2.05) is 18.2 Å². The van der Waals surface area contributed by atoms with Crippen LogP contribution < -0.4 is 21.7 Å². The molecule has 16 heteroatoms. The SMILES string of the molecule is NC(Cc1cnc[nH]1)C(=O)NC(Cc1cnc[nH]1)C(=O)NC(Cc1c[nH]c2ccccc12)C(=O)NC(CC(=O)O)C(=O)O. The minimum Gasteiger partial charge on any atom is -0.481 e. The van der Waals surface area contributed by atoms with E-state index in [1.54, 1.807) is 12.3 Å². The van der Waals surface area contributed by atoms with E-state index >= 15 is 0 Å². The number of fused-ring (bicyclic) bond motifs is 1. The minimum absolute atomic E-state index is 0.0352. The lowest BCUT2D eigenvalue weighted by Crippen LogP contribution is -2.58. The molecule has 0 spiro atoms. The van der Waals surface area contributed by atoms with E-state index < -0.39 is 60.2 Å². The molecule has 3 heterocycles. The van der Waals surface area contributed by atoms with Crippen LogP contribution in [0.1, 0.15) is 23.4 Å². The number of aliphatic carboxylic acids is 2. The van der Waals surface area contributed by atoms with Gasteiger partial charge in [-0.2, -0.15) is 0 Å². The normalized spacial score (nSPS) is 13.9. The molecule has 3 aromatic heterocycles. The molecule has 0 bridgehead atoms. The highest BCUT2D eigenvalue weighted by Gasteiger charge is 2.32. The summed E-state index contributed by atoms with van der Waals surface area (Å²) in [7, 11) is 0. The molecule has 0 radical (unpaired) electrons. The summed E-state index contributed by atoms with van der Waals surface area (Å²) in [5, 5.41) is 26.8. The molecule has 0 aliphatic rings. The number of para-hydroxylation sites is 1. The molecule has 226 valence electrons. The molecule has 4 aromatic rings. The Hall–Kier alpha value is -5.51. The number of rotatable bonds is 15. The fourth-order valence-electron chi connectivity index (χ4n) is 4.48. The fourth-order valence-corrected chi connectivity index (χ4v) is 4.48. The molecule has 0 saturated carbocycles. The Kier molecular flexibility index (Phi) is 9.85. The Balaban J connectivity index is 1.57. The molecule has 0 aliphatic heterocycles. The van der Waals surface area contributed by atoms with Crippen LogP contribution in [0.25, 0.3) is 10.9 Å². The van der Waals surface area contributed by atoms with Crippen LogP contribution >= 0.6 is 0 Å². The number of aromatic nitrogens is 5. The van der Waals surface area contributed by atoms with Gasteiger partial charge in [-0.25, -0.2) is 14.8 Å². The van der Waals surface area contributed by atoms with Gasteiger partial charge >= 0.3 is 11.9 Å². The summed E-state index contributed by atoms with van der Waals surface area (Å²) in [6, 6.07) is 1.91.